The van der Waals surface area contributed by atoms with Crippen LogP contribution in [0.5, 0.6) is 0 Å². The standard InChI is InChI=1S/C15H20N4O2/c1-2-18-8-4-5-11(10-18)9-13-16-14-7-3-6-12(15(20)21)19(14)17-13/h3,6-7,11H,2,4-5,8-10H2,1H3,(H,20,21). The van der Waals surface area contributed by atoms with Gasteiger partial charge < -0.3 is 10.0 Å². The van der Waals surface area contributed by atoms with Crippen LogP contribution >= 0.6 is 0 Å². The Hall–Kier alpha value is -1.95. The molecule has 6 heteroatoms. The number of hydrogen-bond donors (Lipinski definition) is 1. The fraction of sp³-hybridized carbons (Fsp3) is 0.533. The summed E-state index contributed by atoms with van der Waals surface area (Å²) in [7, 11) is 0. The third kappa shape index (κ3) is 2.90. The predicted molar refractivity (Wildman–Crippen MR) is 78.5 cm³/mol. The first kappa shape index (κ1) is 14.0. The van der Waals surface area contributed by atoms with Crippen LogP contribution in [0.1, 0.15) is 36.1 Å². The SMILES string of the molecule is CCN1CCCC(Cc2nc3cccc(C(=O)O)n3n2)C1. The maximum atomic E-state index is 11.2. The van der Waals surface area contributed by atoms with Crippen LogP contribution < -0.4 is 0 Å². The fourth-order valence-electron chi connectivity index (χ4n) is 3.06. The van der Waals surface area contributed by atoms with Crippen LogP contribution in [0, 0.1) is 5.92 Å². The zero-order valence-electron chi connectivity index (χ0n) is 12.2. The van der Waals surface area contributed by atoms with Gasteiger partial charge in [-0.1, -0.05) is 13.0 Å². The van der Waals surface area contributed by atoms with Crippen LogP contribution in [0.15, 0.2) is 18.2 Å². The maximum Gasteiger partial charge on any atom is 0.354 e. The molecule has 1 fully saturated rings. The van der Waals surface area contributed by atoms with E-state index in [2.05, 4.69) is 21.9 Å². The minimum absolute atomic E-state index is 0.157. The quantitative estimate of drug-likeness (QED) is 0.927. The molecule has 3 heterocycles. The number of likely N-dealkylation sites (tertiary alicyclic amines) is 1. The molecule has 112 valence electrons. The van der Waals surface area contributed by atoms with Gasteiger partial charge in [-0.2, -0.15) is 5.10 Å². The Kier molecular flexibility index (Phi) is 3.88. The zero-order valence-corrected chi connectivity index (χ0v) is 12.2. The van der Waals surface area contributed by atoms with E-state index in [1.807, 2.05) is 0 Å². The van der Waals surface area contributed by atoms with Gasteiger partial charge in [0, 0.05) is 13.0 Å². The molecule has 0 spiro atoms. The monoisotopic (exact) mass is 288 g/mol. The van der Waals surface area contributed by atoms with E-state index in [0.29, 0.717) is 11.6 Å². The lowest BCUT2D eigenvalue weighted by Gasteiger charge is -2.31. The highest BCUT2D eigenvalue weighted by Crippen LogP contribution is 2.20. The average molecular weight is 288 g/mol. The van der Waals surface area contributed by atoms with Gasteiger partial charge in [-0.3, -0.25) is 0 Å². The van der Waals surface area contributed by atoms with Crippen LogP contribution in [0.25, 0.3) is 5.65 Å². The molecule has 0 radical (unpaired) electrons. The second-order valence-electron chi connectivity index (χ2n) is 5.62. The van der Waals surface area contributed by atoms with Gasteiger partial charge in [-0.25, -0.2) is 14.3 Å². The lowest BCUT2D eigenvalue weighted by atomic mass is 9.94. The van der Waals surface area contributed by atoms with E-state index in [4.69, 9.17) is 0 Å². The summed E-state index contributed by atoms with van der Waals surface area (Å²) in [4.78, 5) is 18.1. The van der Waals surface area contributed by atoms with Crippen LogP contribution in [0.3, 0.4) is 0 Å². The smallest absolute Gasteiger partial charge is 0.354 e. The average Bonchev–Trinajstić information content (AvgIpc) is 2.89. The topological polar surface area (TPSA) is 70.7 Å². The third-order valence-electron chi connectivity index (χ3n) is 4.14. The van der Waals surface area contributed by atoms with Gasteiger partial charge >= 0.3 is 5.97 Å². The van der Waals surface area contributed by atoms with E-state index >= 15 is 0 Å². The Morgan fingerprint density at radius 2 is 2.33 bits per heavy atom. The van der Waals surface area contributed by atoms with Gasteiger partial charge in [0.15, 0.2) is 17.2 Å². The molecule has 0 bridgehead atoms. The highest BCUT2D eigenvalue weighted by atomic mass is 16.4. The molecule has 0 aliphatic carbocycles. The highest BCUT2D eigenvalue weighted by Gasteiger charge is 2.21. The predicted octanol–water partition coefficient (Wildman–Crippen LogP) is 1.70. The van der Waals surface area contributed by atoms with Crippen molar-refractivity contribution in [2.75, 3.05) is 19.6 Å². The Balaban J connectivity index is 1.81. The van der Waals surface area contributed by atoms with E-state index in [0.717, 1.165) is 25.3 Å². The van der Waals surface area contributed by atoms with Crippen LogP contribution in [-0.4, -0.2) is 50.2 Å². The number of fused-ring (bicyclic) bond motifs is 1. The fourth-order valence-corrected chi connectivity index (χ4v) is 3.06. The van der Waals surface area contributed by atoms with E-state index in [1.54, 1.807) is 18.2 Å². The molecule has 2 aromatic heterocycles. The molecule has 0 amide bonds. The number of carboxylic acids is 1. The minimum atomic E-state index is -0.980. The summed E-state index contributed by atoms with van der Waals surface area (Å²) in [6, 6.07) is 5.05. The third-order valence-corrected chi connectivity index (χ3v) is 4.14. The first-order valence-corrected chi connectivity index (χ1v) is 7.47. The Bertz CT molecular complexity index is 652. The van der Waals surface area contributed by atoms with Crippen molar-refractivity contribution < 1.29 is 9.90 Å². The van der Waals surface area contributed by atoms with Crippen LogP contribution in [0.4, 0.5) is 0 Å². The number of piperidine rings is 1. The second-order valence-corrected chi connectivity index (χ2v) is 5.62. The van der Waals surface area contributed by atoms with Crippen LogP contribution in [-0.2, 0) is 6.42 Å². The molecular formula is C15H20N4O2. The number of pyridine rings is 1. The summed E-state index contributed by atoms with van der Waals surface area (Å²) in [5.41, 5.74) is 0.762. The lowest BCUT2D eigenvalue weighted by Crippen LogP contribution is -2.36. The highest BCUT2D eigenvalue weighted by molar-refractivity contribution is 5.86. The van der Waals surface area contributed by atoms with Gasteiger partial charge in [0.1, 0.15) is 0 Å². The van der Waals surface area contributed by atoms with Crippen molar-refractivity contribution in [2.45, 2.75) is 26.2 Å². The summed E-state index contributed by atoms with van der Waals surface area (Å²) in [6.07, 6.45) is 3.22. The Morgan fingerprint density at radius 1 is 1.48 bits per heavy atom. The lowest BCUT2D eigenvalue weighted by molar-refractivity contribution is 0.0687. The number of aromatic carboxylic acids is 1. The first-order valence-electron chi connectivity index (χ1n) is 7.47. The van der Waals surface area contributed by atoms with E-state index < -0.39 is 5.97 Å². The van der Waals surface area contributed by atoms with Gasteiger partial charge in [-0.05, 0) is 44.0 Å². The molecule has 6 nitrogen and oxygen atoms in total. The number of aromatic nitrogens is 3. The largest absolute Gasteiger partial charge is 0.477 e. The summed E-state index contributed by atoms with van der Waals surface area (Å²) in [6.45, 7) is 5.52. The normalized spacial score (nSPS) is 20.0. The summed E-state index contributed by atoms with van der Waals surface area (Å²) in [5, 5.41) is 13.6. The van der Waals surface area contributed by atoms with E-state index in [-0.39, 0.29) is 5.69 Å². The summed E-state index contributed by atoms with van der Waals surface area (Å²) in [5.74, 6) is 0.322. The number of carbonyl (C=O) groups is 1. The number of rotatable bonds is 4. The minimum Gasteiger partial charge on any atom is -0.477 e. The Morgan fingerprint density at radius 3 is 3.10 bits per heavy atom. The molecule has 1 saturated heterocycles. The zero-order chi connectivity index (χ0) is 14.8. The van der Waals surface area contributed by atoms with Crippen molar-refractivity contribution in [2.24, 2.45) is 5.92 Å². The van der Waals surface area contributed by atoms with E-state index in [9.17, 15) is 9.90 Å². The molecule has 1 aliphatic heterocycles. The van der Waals surface area contributed by atoms with Crippen LogP contribution in [0.2, 0.25) is 0 Å². The second kappa shape index (κ2) is 5.81. The molecule has 21 heavy (non-hydrogen) atoms. The van der Waals surface area contributed by atoms with Crippen molar-refractivity contribution in [3.8, 4) is 0 Å². The van der Waals surface area contributed by atoms with Gasteiger partial charge in [0.05, 0.1) is 0 Å². The van der Waals surface area contributed by atoms with E-state index in [1.165, 1.54) is 23.9 Å². The molecule has 2 aromatic rings. The Labute approximate surface area is 123 Å². The summed E-state index contributed by atoms with van der Waals surface area (Å²) >= 11 is 0. The van der Waals surface area contributed by atoms with Gasteiger partial charge in [0.25, 0.3) is 0 Å². The number of hydrogen-bond acceptors (Lipinski definition) is 4. The summed E-state index contributed by atoms with van der Waals surface area (Å²) < 4.78 is 1.43. The molecule has 1 atom stereocenters. The van der Waals surface area contributed by atoms with Crippen molar-refractivity contribution in [3.05, 3.63) is 29.7 Å². The molecule has 1 unspecified atom stereocenters. The van der Waals surface area contributed by atoms with Crippen molar-refractivity contribution in [1.82, 2.24) is 19.5 Å². The van der Waals surface area contributed by atoms with Crippen molar-refractivity contribution >= 4 is 11.6 Å². The molecule has 1 N–H and O–H groups in total. The van der Waals surface area contributed by atoms with Crippen molar-refractivity contribution in [3.63, 3.8) is 0 Å². The van der Waals surface area contributed by atoms with Gasteiger partial charge in [0.2, 0.25) is 0 Å². The number of carboxylic acid groups (broad SMARTS) is 1. The van der Waals surface area contributed by atoms with Crippen molar-refractivity contribution in [1.29, 1.82) is 0 Å². The van der Waals surface area contributed by atoms with Gasteiger partial charge in [-0.15, -0.1) is 0 Å². The molecule has 3 rings (SSSR count). The first-order chi connectivity index (χ1) is 10.2. The molecular weight excluding hydrogens is 268 g/mol. The number of nitrogens with zero attached hydrogens (tertiary/aromatic N) is 4. The molecule has 0 saturated carbocycles. The molecule has 1 aliphatic rings. The maximum absolute atomic E-state index is 11.2. The molecule has 0 aromatic carbocycles.